The van der Waals surface area contributed by atoms with E-state index < -0.39 is 0 Å². The van der Waals surface area contributed by atoms with Gasteiger partial charge in [0, 0.05) is 16.8 Å². The Balaban J connectivity index is 1.24. The molecule has 0 fully saturated rings. The fourth-order valence-corrected chi connectivity index (χ4v) is 3.59. The summed E-state index contributed by atoms with van der Waals surface area (Å²) < 4.78 is 11.3. The third-order valence-corrected chi connectivity index (χ3v) is 5.41. The molecule has 6 heteroatoms. The van der Waals surface area contributed by atoms with Crippen molar-refractivity contribution in [2.24, 2.45) is 4.99 Å². The van der Waals surface area contributed by atoms with E-state index in [-0.39, 0.29) is 5.97 Å². The maximum Gasteiger partial charge on any atom is 0.343 e. The number of nitrogens with zero attached hydrogens (tertiary/aromatic N) is 2. The Labute approximate surface area is 201 Å². The van der Waals surface area contributed by atoms with Crippen molar-refractivity contribution >= 4 is 40.6 Å². The fourth-order valence-electron chi connectivity index (χ4n) is 3.42. The Morgan fingerprint density at radius 3 is 2.53 bits per heavy atom. The van der Waals surface area contributed by atoms with Crippen LogP contribution in [-0.2, 0) is 0 Å². The summed E-state index contributed by atoms with van der Waals surface area (Å²) in [4.78, 5) is 21.3. The first-order chi connectivity index (χ1) is 16.5. The van der Waals surface area contributed by atoms with Gasteiger partial charge < -0.3 is 9.15 Å². The molecule has 1 aromatic heterocycles. The lowest BCUT2D eigenvalue weighted by Crippen LogP contribution is -2.08. The van der Waals surface area contributed by atoms with Gasteiger partial charge in [0.2, 0.25) is 5.89 Å². The molecule has 5 rings (SSSR count). The minimum absolute atomic E-state index is 0.382. The standard InChI is InChI=1S/C28H19ClN2O3/c1-18-3-2-4-21(15-18)28(32)33-24-12-5-19(6-13-24)17-30-23-10-7-20(8-11-23)27-31-25-16-22(29)9-14-26(25)34-27/h2-17H,1H3. The van der Waals surface area contributed by atoms with E-state index in [1.807, 2.05) is 61.5 Å². The molecule has 1 heterocycles. The molecule has 5 aromatic rings. The molecule has 4 aromatic carbocycles. The van der Waals surface area contributed by atoms with Crippen LogP contribution in [0.15, 0.2) is 100 Å². The molecule has 34 heavy (non-hydrogen) atoms. The van der Waals surface area contributed by atoms with Crippen LogP contribution in [0.2, 0.25) is 5.02 Å². The quantitative estimate of drug-likeness (QED) is 0.153. The number of hydrogen-bond donors (Lipinski definition) is 0. The predicted octanol–water partition coefficient (Wildman–Crippen LogP) is 7.43. The summed E-state index contributed by atoms with van der Waals surface area (Å²) in [6.07, 6.45) is 1.75. The first-order valence-electron chi connectivity index (χ1n) is 10.6. The predicted molar refractivity (Wildman–Crippen MR) is 134 cm³/mol. The number of rotatable bonds is 5. The Hall–Kier alpha value is -4.22. The van der Waals surface area contributed by atoms with Gasteiger partial charge in [-0.2, -0.15) is 0 Å². The molecule has 0 atom stereocenters. The lowest BCUT2D eigenvalue weighted by atomic mass is 10.1. The van der Waals surface area contributed by atoms with Crippen LogP contribution < -0.4 is 4.74 Å². The highest BCUT2D eigenvalue weighted by Crippen LogP contribution is 2.27. The van der Waals surface area contributed by atoms with E-state index in [0.717, 1.165) is 27.9 Å². The van der Waals surface area contributed by atoms with Gasteiger partial charge in [-0.05, 0) is 91.3 Å². The first kappa shape index (κ1) is 21.6. The van der Waals surface area contributed by atoms with E-state index in [4.69, 9.17) is 20.8 Å². The molecule has 166 valence electrons. The lowest BCUT2D eigenvalue weighted by Gasteiger charge is -2.05. The van der Waals surface area contributed by atoms with Crippen LogP contribution in [0.5, 0.6) is 5.75 Å². The van der Waals surface area contributed by atoms with Crippen molar-refractivity contribution in [2.45, 2.75) is 6.92 Å². The Kier molecular flexibility index (Phi) is 5.93. The van der Waals surface area contributed by atoms with Crippen molar-refractivity contribution in [1.29, 1.82) is 0 Å². The topological polar surface area (TPSA) is 64.7 Å². The minimum Gasteiger partial charge on any atom is -0.436 e. The highest BCUT2D eigenvalue weighted by Gasteiger charge is 2.09. The fraction of sp³-hybridized carbons (Fsp3) is 0.0357. The number of aromatic nitrogens is 1. The highest BCUT2D eigenvalue weighted by atomic mass is 35.5. The summed E-state index contributed by atoms with van der Waals surface area (Å²) in [5, 5.41) is 0.620. The number of aliphatic imine (C=N–C) groups is 1. The Morgan fingerprint density at radius 1 is 0.971 bits per heavy atom. The zero-order valence-corrected chi connectivity index (χ0v) is 19.0. The van der Waals surface area contributed by atoms with Crippen LogP contribution in [0.25, 0.3) is 22.6 Å². The average Bonchev–Trinajstić information content (AvgIpc) is 3.27. The maximum absolute atomic E-state index is 12.3. The van der Waals surface area contributed by atoms with Gasteiger partial charge in [0.1, 0.15) is 11.3 Å². The van der Waals surface area contributed by atoms with E-state index in [0.29, 0.717) is 27.8 Å². The summed E-state index contributed by atoms with van der Waals surface area (Å²) >= 11 is 6.02. The van der Waals surface area contributed by atoms with Gasteiger partial charge in [-0.1, -0.05) is 29.3 Å². The smallest absolute Gasteiger partial charge is 0.343 e. The van der Waals surface area contributed by atoms with Gasteiger partial charge >= 0.3 is 5.97 Å². The van der Waals surface area contributed by atoms with Crippen molar-refractivity contribution in [2.75, 3.05) is 0 Å². The van der Waals surface area contributed by atoms with Crippen molar-refractivity contribution in [3.05, 3.63) is 113 Å². The summed E-state index contributed by atoms with van der Waals surface area (Å²) in [6, 6.07) is 27.5. The van der Waals surface area contributed by atoms with Crippen LogP contribution in [0.1, 0.15) is 21.5 Å². The number of carbonyl (C=O) groups is 1. The summed E-state index contributed by atoms with van der Waals surface area (Å²) in [5.41, 5.74) is 5.47. The molecule has 0 aliphatic heterocycles. The second-order valence-corrected chi connectivity index (χ2v) is 8.20. The third-order valence-electron chi connectivity index (χ3n) is 5.17. The minimum atomic E-state index is -0.382. The average molecular weight is 467 g/mol. The second kappa shape index (κ2) is 9.33. The second-order valence-electron chi connectivity index (χ2n) is 7.76. The number of benzene rings is 4. The zero-order chi connectivity index (χ0) is 23.5. The van der Waals surface area contributed by atoms with Gasteiger partial charge in [-0.3, -0.25) is 4.99 Å². The highest BCUT2D eigenvalue weighted by molar-refractivity contribution is 6.31. The number of halogens is 1. The molecule has 0 bridgehead atoms. The van der Waals surface area contributed by atoms with E-state index >= 15 is 0 Å². The Bertz CT molecular complexity index is 1500. The normalized spacial score (nSPS) is 11.2. The summed E-state index contributed by atoms with van der Waals surface area (Å²) in [7, 11) is 0. The third kappa shape index (κ3) is 4.90. The molecule has 0 saturated heterocycles. The number of esters is 1. The lowest BCUT2D eigenvalue weighted by molar-refractivity contribution is 0.0734. The molecule has 0 amide bonds. The number of carbonyl (C=O) groups excluding carboxylic acids is 1. The van der Waals surface area contributed by atoms with E-state index in [1.165, 1.54) is 0 Å². The number of fused-ring (bicyclic) bond motifs is 1. The van der Waals surface area contributed by atoms with E-state index in [1.54, 1.807) is 42.6 Å². The number of oxazole rings is 1. The van der Waals surface area contributed by atoms with Gasteiger partial charge in [0.05, 0.1) is 11.3 Å². The number of ether oxygens (including phenoxy) is 1. The number of hydrogen-bond acceptors (Lipinski definition) is 5. The molecular weight excluding hydrogens is 448 g/mol. The van der Waals surface area contributed by atoms with Gasteiger partial charge in [-0.15, -0.1) is 0 Å². The number of aryl methyl sites for hydroxylation is 1. The summed E-state index contributed by atoms with van der Waals surface area (Å²) in [5.74, 6) is 0.628. The van der Waals surface area contributed by atoms with Crippen molar-refractivity contribution in [3.63, 3.8) is 0 Å². The first-order valence-corrected chi connectivity index (χ1v) is 11.0. The maximum atomic E-state index is 12.3. The molecule has 0 saturated carbocycles. The molecule has 0 radical (unpaired) electrons. The zero-order valence-electron chi connectivity index (χ0n) is 18.2. The molecule has 0 spiro atoms. The molecular formula is C28H19ClN2O3. The molecule has 0 unspecified atom stereocenters. The largest absolute Gasteiger partial charge is 0.436 e. The molecule has 0 aliphatic rings. The SMILES string of the molecule is Cc1cccc(C(=O)Oc2ccc(C=Nc3ccc(-c4nc5cc(Cl)ccc5o4)cc3)cc2)c1. The van der Waals surface area contributed by atoms with Crippen LogP contribution in [-0.4, -0.2) is 17.2 Å². The van der Waals surface area contributed by atoms with E-state index in [2.05, 4.69) is 9.98 Å². The van der Waals surface area contributed by atoms with Crippen molar-refractivity contribution in [3.8, 4) is 17.2 Å². The monoisotopic (exact) mass is 466 g/mol. The van der Waals surface area contributed by atoms with Gasteiger partial charge in [0.25, 0.3) is 0 Å². The van der Waals surface area contributed by atoms with Crippen LogP contribution in [0, 0.1) is 6.92 Å². The van der Waals surface area contributed by atoms with E-state index in [9.17, 15) is 4.79 Å². The molecule has 5 nitrogen and oxygen atoms in total. The van der Waals surface area contributed by atoms with Crippen LogP contribution in [0.4, 0.5) is 5.69 Å². The van der Waals surface area contributed by atoms with Crippen LogP contribution in [0.3, 0.4) is 0 Å². The van der Waals surface area contributed by atoms with Crippen LogP contribution >= 0.6 is 11.6 Å². The molecule has 0 aliphatic carbocycles. The van der Waals surface area contributed by atoms with Gasteiger partial charge in [-0.25, -0.2) is 9.78 Å². The van der Waals surface area contributed by atoms with Crippen molar-refractivity contribution in [1.82, 2.24) is 4.98 Å². The van der Waals surface area contributed by atoms with Gasteiger partial charge in [0.15, 0.2) is 5.58 Å². The molecule has 0 N–H and O–H groups in total. The van der Waals surface area contributed by atoms with Crippen molar-refractivity contribution < 1.29 is 13.9 Å². The summed E-state index contributed by atoms with van der Waals surface area (Å²) in [6.45, 7) is 1.94. The Morgan fingerprint density at radius 2 is 1.76 bits per heavy atom.